The number of carbonyl (C=O) groups is 1. The summed E-state index contributed by atoms with van der Waals surface area (Å²) in [6.07, 6.45) is 0. The third-order valence-corrected chi connectivity index (χ3v) is 4.58. The van der Waals surface area contributed by atoms with E-state index in [9.17, 15) is 4.79 Å². The van der Waals surface area contributed by atoms with Gasteiger partial charge in [0.25, 0.3) is 5.91 Å². The highest BCUT2D eigenvalue weighted by Crippen LogP contribution is 2.25. The number of hydrogen-bond donors (Lipinski definition) is 1. The lowest BCUT2D eigenvalue weighted by atomic mass is 10.1. The van der Waals surface area contributed by atoms with E-state index in [4.69, 9.17) is 0 Å². The van der Waals surface area contributed by atoms with Gasteiger partial charge in [0.1, 0.15) is 0 Å². The molecule has 3 aromatic rings. The van der Waals surface area contributed by atoms with Gasteiger partial charge < -0.3 is 5.32 Å². The SMILES string of the molecule is O=C(NCc1ccc(Br)cc1)c1csc2ccccc12. The zero-order valence-electron chi connectivity index (χ0n) is 10.6. The Hall–Kier alpha value is -1.65. The first-order valence-corrected chi connectivity index (χ1v) is 7.90. The van der Waals surface area contributed by atoms with Crippen molar-refractivity contribution in [2.45, 2.75) is 6.54 Å². The Morgan fingerprint density at radius 1 is 1.10 bits per heavy atom. The van der Waals surface area contributed by atoms with Crippen molar-refractivity contribution in [1.29, 1.82) is 0 Å². The van der Waals surface area contributed by atoms with Crippen LogP contribution in [-0.4, -0.2) is 5.91 Å². The van der Waals surface area contributed by atoms with Crippen LogP contribution in [0.2, 0.25) is 0 Å². The molecule has 0 unspecified atom stereocenters. The van der Waals surface area contributed by atoms with Gasteiger partial charge in [0, 0.05) is 26.5 Å². The normalized spacial score (nSPS) is 10.7. The summed E-state index contributed by atoms with van der Waals surface area (Å²) in [5.74, 6) is -0.0228. The predicted molar refractivity (Wildman–Crippen MR) is 87.1 cm³/mol. The number of benzene rings is 2. The number of fused-ring (bicyclic) bond motifs is 1. The van der Waals surface area contributed by atoms with Crippen LogP contribution in [0.3, 0.4) is 0 Å². The van der Waals surface area contributed by atoms with E-state index in [1.807, 2.05) is 53.9 Å². The molecule has 0 radical (unpaired) electrons. The second-order valence-corrected chi connectivity index (χ2v) is 6.28. The third-order valence-electron chi connectivity index (χ3n) is 3.09. The molecule has 0 aliphatic heterocycles. The summed E-state index contributed by atoms with van der Waals surface area (Å²) in [4.78, 5) is 12.2. The fraction of sp³-hybridized carbons (Fsp3) is 0.0625. The van der Waals surface area contributed by atoms with Crippen LogP contribution < -0.4 is 5.32 Å². The maximum atomic E-state index is 12.2. The lowest BCUT2D eigenvalue weighted by Gasteiger charge is -2.05. The van der Waals surface area contributed by atoms with Crippen LogP contribution in [0.15, 0.2) is 58.4 Å². The summed E-state index contributed by atoms with van der Waals surface area (Å²) in [6, 6.07) is 15.9. The highest BCUT2D eigenvalue weighted by atomic mass is 79.9. The van der Waals surface area contributed by atoms with Crippen LogP contribution in [0.25, 0.3) is 10.1 Å². The lowest BCUT2D eigenvalue weighted by Crippen LogP contribution is -2.22. The smallest absolute Gasteiger partial charge is 0.253 e. The zero-order chi connectivity index (χ0) is 13.9. The van der Waals surface area contributed by atoms with Gasteiger partial charge in [-0.05, 0) is 23.8 Å². The van der Waals surface area contributed by atoms with Gasteiger partial charge in [0.05, 0.1) is 5.56 Å². The van der Waals surface area contributed by atoms with E-state index in [1.165, 1.54) is 0 Å². The van der Waals surface area contributed by atoms with Crippen molar-refractivity contribution in [2.75, 3.05) is 0 Å². The number of carbonyl (C=O) groups excluding carboxylic acids is 1. The molecule has 20 heavy (non-hydrogen) atoms. The summed E-state index contributed by atoms with van der Waals surface area (Å²) < 4.78 is 2.18. The maximum absolute atomic E-state index is 12.2. The summed E-state index contributed by atoms with van der Waals surface area (Å²) in [5.41, 5.74) is 1.84. The molecule has 100 valence electrons. The van der Waals surface area contributed by atoms with Crippen LogP contribution in [0.1, 0.15) is 15.9 Å². The Balaban J connectivity index is 1.75. The van der Waals surface area contributed by atoms with E-state index < -0.39 is 0 Å². The summed E-state index contributed by atoms with van der Waals surface area (Å²) >= 11 is 5.00. The molecule has 0 bridgehead atoms. The molecular weight excluding hydrogens is 334 g/mol. The summed E-state index contributed by atoms with van der Waals surface area (Å²) in [6.45, 7) is 0.538. The molecule has 0 saturated carbocycles. The minimum Gasteiger partial charge on any atom is -0.348 e. The van der Waals surface area contributed by atoms with Crippen LogP contribution in [0.4, 0.5) is 0 Å². The van der Waals surface area contributed by atoms with Crippen molar-refractivity contribution >= 4 is 43.3 Å². The summed E-state index contributed by atoms with van der Waals surface area (Å²) in [7, 11) is 0. The number of halogens is 1. The van der Waals surface area contributed by atoms with Crippen LogP contribution in [-0.2, 0) is 6.54 Å². The van der Waals surface area contributed by atoms with Gasteiger partial charge in [-0.2, -0.15) is 0 Å². The molecule has 0 fully saturated rings. The number of hydrogen-bond acceptors (Lipinski definition) is 2. The molecule has 1 aromatic heterocycles. The van der Waals surface area contributed by atoms with Crippen LogP contribution >= 0.6 is 27.3 Å². The highest BCUT2D eigenvalue weighted by Gasteiger charge is 2.11. The summed E-state index contributed by atoms with van der Waals surface area (Å²) in [5, 5.41) is 5.90. The van der Waals surface area contributed by atoms with E-state index in [-0.39, 0.29) is 5.91 Å². The molecule has 4 heteroatoms. The largest absolute Gasteiger partial charge is 0.348 e. The molecule has 2 nitrogen and oxygen atoms in total. The second kappa shape index (κ2) is 5.77. The first kappa shape index (κ1) is 13.3. The number of thiophene rings is 1. The molecule has 1 heterocycles. The van der Waals surface area contributed by atoms with Gasteiger partial charge in [0.2, 0.25) is 0 Å². The molecule has 1 amide bonds. The highest BCUT2D eigenvalue weighted by molar-refractivity contribution is 9.10. The van der Waals surface area contributed by atoms with Crippen LogP contribution in [0.5, 0.6) is 0 Å². The van der Waals surface area contributed by atoms with Gasteiger partial charge in [-0.15, -0.1) is 11.3 Å². The first-order valence-electron chi connectivity index (χ1n) is 6.23. The zero-order valence-corrected chi connectivity index (χ0v) is 13.0. The topological polar surface area (TPSA) is 29.1 Å². The van der Waals surface area contributed by atoms with Crippen LogP contribution in [0, 0.1) is 0 Å². The molecule has 0 aliphatic carbocycles. The average molecular weight is 346 g/mol. The van der Waals surface area contributed by atoms with Crippen molar-refractivity contribution in [3.63, 3.8) is 0 Å². The maximum Gasteiger partial charge on any atom is 0.253 e. The second-order valence-electron chi connectivity index (χ2n) is 4.45. The standard InChI is InChI=1S/C16H12BrNOS/c17-12-7-5-11(6-8-12)9-18-16(19)14-10-20-15-4-2-1-3-13(14)15/h1-8,10H,9H2,(H,18,19). The monoisotopic (exact) mass is 345 g/mol. The van der Waals surface area contributed by atoms with Crippen molar-refractivity contribution in [2.24, 2.45) is 0 Å². The van der Waals surface area contributed by atoms with Crippen molar-refractivity contribution in [3.8, 4) is 0 Å². The van der Waals surface area contributed by atoms with E-state index in [2.05, 4.69) is 21.2 Å². The Kier molecular flexibility index (Phi) is 3.85. The quantitative estimate of drug-likeness (QED) is 0.738. The van der Waals surface area contributed by atoms with E-state index in [0.29, 0.717) is 6.54 Å². The molecule has 2 aromatic carbocycles. The Morgan fingerprint density at radius 2 is 1.85 bits per heavy atom. The fourth-order valence-electron chi connectivity index (χ4n) is 2.03. The van der Waals surface area contributed by atoms with E-state index in [0.717, 1.165) is 25.7 Å². The Labute approximate surface area is 129 Å². The van der Waals surface area contributed by atoms with Gasteiger partial charge >= 0.3 is 0 Å². The number of amides is 1. The van der Waals surface area contributed by atoms with E-state index in [1.54, 1.807) is 11.3 Å². The molecule has 0 saturated heterocycles. The predicted octanol–water partition coefficient (Wildman–Crippen LogP) is 4.59. The fourth-order valence-corrected chi connectivity index (χ4v) is 3.24. The van der Waals surface area contributed by atoms with Gasteiger partial charge in [0.15, 0.2) is 0 Å². The minimum atomic E-state index is -0.0228. The average Bonchev–Trinajstić information content (AvgIpc) is 2.90. The molecule has 0 aliphatic rings. The first-order chi connectivity index (χ1) is 9.74. The molecular formula is C16H12BrNOS. The lowest BCUT2D eigenvalue weighted by molar-refractivity contribution is 0.0953. The molecule has 0 atom stereocenters. The van der Waals surface area contributed by atoms with Gasteiger partial charge in [-0.25, -0.2) is 0 Å². The molecule has 0 spiro atoms. The van der Waals surface area contributed by atoms with Crippen molar-refractivity contribution < 1.29 is 4.79 Å². The number of rotatable bonds is 3. The Morgan fingerprint density at radius 3 is 2.65 bits per heavy atom. The van der Waals surface area contributed by atoms with E-state index >= 15 is 0 Å². The van der Waals surface area contributed by atoms with Gasteiger partial charge in [-0.1, -0.05) is 46.3 Å². The van der Waals surface area contributed by atoms with Gasteiger partial charge in [-0.3, -0.25) is 4.79 Å². The Bertz CT molecular complexity index is 749. The molecule has 3 rings (SSSR count). The molecule has 1 N–H and O–H groups in total. The van der Waals surface area contributed by atoms with Crippen molar-refractivity contribution in [3.05, 3.63) is 69.5 Å². The van der Waals surface area contributed by atoms with Crippen molar-refractivity contribution in [1.82, 2.24) is 5.32 Å². The number of nitrogens with one attached hydrogen (secondary N) is 1. The third kappa shape index (κ3) is 2.76. The minimum absolute atomic E-state index is 0.0228.